The van der Waals surface area contributed by atoms with Crippen LogP contribution in [-0.2, 0) is 10.0 Å². The summed E-state index contributed by atoms with van der Waals surface area (Å²) in [4.78, 5) is 8.17. The number of benzene rings is 2. The second-order valence-corrected chi connectivity index (χ2v) is 9.20. The molecule has 0 N–H and O–H groups in total. The fourth-order valence-corrected chi connectivity index (χ4v) is 5.58. The second kappa shape index (κ2) is 8.67. The number of anilines is 2. The van der Waals surface area contributed by atoms with E-state index in [0.29, 0.717) is 5.39 Å². The van der Waals surface area contributed by atoms with Crippen LogP contribution >= 0.6 is 11.3 Å². The van der Waals surface area contributed by atoms with Crippen molar-refractivity contribution in [1.29, 1.82) is 0 Å². The lowest BCUT2D eigenvalue weighted by atomic mass is 10.1. The summed E-state index contributed by atoms with van der Waals surface area (Å²) in [6.07, 6.45) is 1.80. The molecule has 0 fully saturated rings. The lowest BCUT2D eigenvalue weighted by Crippen LogP contribution is -2.27. The van der Waals surface area contributed by atoms with Gasteiger partial charge in [-0.3, -0.25) is 4.98 Å². The van der Waals surface area contributed by atoms with Gasteiger partial charge >= 0.3 is 0 Å². The number of nitrogens with zero attached hydrogens (tertiary/aromatic N) is 3. The standard InChI is InChI=1S/C21H17F2N3O4S2/c1-29-18-11-17(19(30-2)10-16(18)20(22)23)26(21-25-7-8-31-21)32(27,28)15-4-3-14-12-24-6-5-13(14)9-15/h3-12,20H,1-2H3. The molecule has 0 saturated heterocycles. The third kappa shape index (κ3) is 3.84. The Bertz CT molecular complexity index is 1360. The number of rotatable bonds is 7. The van der Waals surface area contributed by atoms with Crippen molar-refractivity contribution in [1.82, 2.24) is 9.97 Å². The van der Waals surface area contributed by atoms with Crippen LogP contribution in [-0.4, -0.2) is 32.6 Å². The minimum atomic E-state index is -4.22. The minimum Gasteiger partial charge on any atom is -0.496 e. The van der Waals surface area contributed by atoms with Crippen LogP contribution in [0.4, 0.5) is 19.6 Å². The molecule has 0 radical (unpaired) electrons. The van der Waals surface area contributed by atoms with E-state index in [0.717, 1.165) is 27.1 Å². The Morgan fingerprint density at radius 3 is 2.44 bits per heavy atom. The maximum absolute atomic E-state index is 13.8. The number of ether oxygens (including phenoxy) is 2. The largest absolute Gasteiger partial charge is 0.496 e. The Hall–Kier alpha value is -3.31. The molecule has 7 nitrogen and oxygen atoms in total. The van der Waals surface area contributed by atoms with E-state index in [9.17, 15) is 17.2 Å². The van der Waals surface area contributed by atoms with E-state index in [4.69, 9.17) is 9.47 Å². The van der Waals surface area contributed by atoms with Crippen LogP contribution in [0.2, 0.25) is 0 Å². The highest BCUT2D eigenvalue weighted by Crippen LogP contribution is 2.44. The van der Waals surface area contributed by atoms with Gasteiger partial charge in [0.2, 0.25) is 5.13 Å². The van der Waals surface area contributed by atoms with E-state index < -0.39 is 22.0 Å². The quantitative estimate of drug-likeness (QED) is 0.365. The third-order valence-corrected chi connectivity index (χ3v) is 7.30. The number of hydrogen-bond donors (Lipinski definition) is 0. The molecular formula is C21H17F2N3O4S2. The van der Waals surface area contributed by atoms with Gasteiger partial charge < -0.3 is 9.47 Å². The predicted molar refractivity (Wildman–Crippen MR) is 118 cm³/mol. The van der Waals surface area contributed by atoms with Gasteiger partial charge in [0.05, 0.1) is 24.7 Å². The van der Waals surface area contributed by atoms with Crippen LogP contribution in [0.25, 0.3) is 10.8 Å². The maximum Gasteiger partial charge on any atom is 0.270 e. The van der Waals surface area contributed by atoms with E-state index in [2.05, 4.69) is 9.97 Å². The molecule has 4 rings (SSSR count). The topological polar surface area (TPSA) is 81.6 Å². The first kappa shape index (κ1) is 21.9. The molecule has 0 bridgehead atoms. The van der Waals surface area contributed by atoms with E-state index in [1.54, 1.807) is 29.9 Å². The van der Waals surface area contributed by atoms with Crippen LogP contribution < -0.4 is 13.8 Å². The summed E-state index contributed by atoms with van der Waals surface area (Å²) < 4.78 is 66.0. The zero-order chi connectivity index (χ0) is 22.9. The highest BCUT2D eigenvalue weighted by Gasteiger charge is 2.33. The van der Waals surface area contributed by atoms with Crippen molar-refractivity contribution in [3.8, 4) is 11.5 Å². The molecule has 0 spiro atoms. The summed E-state index contributed by atoms with van der Waals surface area (Å²) >= 11 is 1.08. The molecule has 2 aromatic heterocycles. The average molecular weight is 478 g/mol. The van der Waals surface area contributed by atoms with Gasteiger partial charge in [0.15, 0.2) is 0 Å². The fraction of sp³-hybridized carbons (Fsp3) is 0.143. The molecule has 32 heavy (non-hydrogen) atoms. The number of fused-ring (bicyclic) bond motifs is 1. The Morgan fingerprint density at radius 1 is 1.00 bits per heavy atom. The molecule has 0 atom stereocenters. The van der Waals surface area contributed by atoms with Crippen LogP contribution in [0.3, 0.4) is 0 Å². The van der Waals surface area contributed by atoms with Gasteiger partial charge in [0.1, 0.15) is 17.2 Å². The third-order valence-electron chi connectivity index (χ3n) is 4.73. The number of halogens is 2. The Kier molecular flexibility index (Phi) is 5.94. The van der Waals surface area contributed by atoms with E-state index >= 15 is 0 Å². The molecule has 166 valence electrons. The number of alkyl halides is 2. The smallest absolute Gasteiger partial charge is 0.270 e. The molecule has 0 aliphatic rings. The van der Waals surface area contributed by atoms with Crippen molar-refractivity contribution >= 4 is 43.0 Å². The normalized spacial score (nSPS) is 11.7. The first-order valence-corrected chi connectivity index (χ1v) is 11.5. The number of pyridine rings is 1. The first-order valence-electron chi connectivity index (χ1n) is 9.19. The molecule has 11 heteroatoms. The van der Waals surface area contributed by atoms with Crippen molar-refractivity contribution in [2.75, 3.05) is 18.5 Å². The Balaban J connectivity index is 1.96. The molecular weight excluding hydrogens is 460 g/mol. The number of hydrogen-bond acceptors (Lipinski definition) is 7. The molecule has 2 heterocycles. The number of thiazole rings is 1. The van der Waals surface area contributed by atoms with Crippen LogP contribution in [0.15, 0.2) is 65.3 Å². The predicted octanol–water partition coefficient (Wildman–Crippen LogP) is 5.17. The minimum absolute atomic E-state index is 0.00137. The second-order valence-electron chi connectivity index (χ2n) is 6.54. The molecule has 0 aliphatic carbocycles. The molecule has 0 amide bonds. The summed E-state index contributed by atoms with van der Waals surface area (Å²) in [6.45, 7) is 0. The van der Waals surface area contributed by atoms with E-state index in [1.165, 1.54) is 38.6 Å². The van der Waals surface area contributed by atoms with Crippen molar-refractivity contribution in [3.63, 3.8) is 0 Å². The summed E-state index contributed by atoms with van der Waals surface area (Å²) in [6, 6.07) is 8.60. The summed E-state index contributed by atoms with van der Waals surface area (Å²) in [7, 11) is -1.71. The van der Waals surface area contributed by atoms with Crippen molar-refractivity contribution in [2.45, 2.75) is 11.3 Å². The fourth-order valence-electron chi connectivity index (χ4n) is 3.21. The van der Waals surface area contributed by atoms with Gasteiger partial charge in [0, 0.05) is 35.4 Å². The van der Waals surface area contributed by atoms with Crippen LogP contribution in [0.1, 0.15) is 12.0 Å². The van der Waals surface area contributed by atoms with E-state index in [-0.39, 0.29) is 27.2 Å². The zero-order valence-corrected chi connectivity index (χ0v) is 18.5. The van der Waals surface area contributed by atoms with Crippen LogP contribution in [0, 0.1) is 0 Å². The highest BCUT2D eigenvalue weighted by molar-refractivity contribution is 7.93. The zero-order valence-electron chi connectivity index (χ0n) is 16.9. The van der Waals surface area contributed by atoms with Crippen molar-refractivity contribution in [2.24, 2.45) is 0 Å². The molecule has 4 aromatic rings. The summed E-state index contributed by atoms with van der Waals surface area (Å²) in [5.74, 6) is -0.234. The van der Waals surface area contributed by atoms with Gasteiger partial charge in [-0.2, -0.15) is 0 Å². The average Bonchev–Trinajstić information content (AvgIpc) is 3.32. The molecule has 2 aromatic carbocycles. The maximum atomic E-state index is 13.8. The van der Waals surface area contributed by atoms with Crippen molar-refractivity contribution in [3.05, 3.63) is 65.9 Å². The van der Waals surface area contributed by atoms with Gasteiger partial charge in [-0.1, -0.05) is 6.07 Å². The van der Waals surface area contributed by atoms with Gasteiger partial charge in [-0.15, -0.1) is 11.3 Å². The van der Waals surface area contributed by atoms with Crippen LogP contribution in [0.5, 0.6) is 11.5 Å². The Morgan fingerprint density at radius 2 is 1.78 bits per heavy atom. The molecule has 0 saturated carbocycles. The lowest BCUT2D eigenvalue weighted by molar-refractivity contribution is 0.146. The number of aromatic nitrogens is 2. The summed E-state index contributed by atoms with van der Waals surface area (Å²) in [5, 5.41) is 3.18. The number of sulfonamides is 1. The van der Waals surface area contributed by atoms with Gasteiger partial charge in [0.25, 0.3) is 16.4 Å². The Labute approximate surface area is 186 Å². The number of methoxy groups -OCH3 is 2. The molecule has 0 aliphatic heterocycles. The lowest BCUT2D eigenvalue weighted by Gasteiger charge is -2.25. The summed E-state index contributed by atoms with van der Waals surface area (Å²) in [5.41, 5.74) is -0.415. The first-order chi connectivity index (χ1) is 15.4. The molecule has 0 unspecified atom stereocenters. The van der Waals surface area contributed by atoms with E-state index in [1.807, 2.05) is 0 Å². The monoisotopic (exact) mass is 477 g/mol. The highest BCUT2D eigenvalue weighted by atomic mass is 32.2. The SMILES string of the molecule is COc1cc(N(c2nccs2)S(=O)(=O)c2ccc3cnccc3c2)c(OC)cc1C(F)F. The van der Waals surface area contributed by atoms with Crippen molar-refractivity contribution < 1.29 is 26.7 Å². The van der Waals surface area contributed by atoms with Gasteiger partial charge in [-0.25, -0.2) is 26.5 Å². The van der Waals surface area contributed by atoms with Gasteiger partial charge in [-0.05, 0) is 29.7 Å².